The van der Waals surface area contributed by atoms with Crippen molar-refractivity contribution >= 4 is 11.9 Å². The van der Waals surface area contributed by atoms with Gasteiger partial charge in [0.15, 0.2) is 6.61 Å². The Hall–Kier alpha value is -1.62. The Labute approximate surface area is 150 Å². The van der Waals surface area contributed by atoms with Gasteiger partial charge in [-0.3, -0.25) is 9.59 Å². The van der Waals surface area contributed by atoms with Gasteiger partial charge in [-0.05, 0) is 19.3 Å². The fourth-order valence-corrected chi connectivity index (χ4v) is 1.66. The largest absolute Gasteiger partial charge is 0.466 e. The van der Waals surface area contributed by atoms with Crippen LogP contribution >= 0.6 is 0 Å². The van der Waals surface area contributed by atoms with Crippen LogP contribution in [0, 0.1) is 0 Å². The number of hydrogen-bond donors (Lipinski definition) is 0. The Kier molecular flexibility index (Phi) is 10.0. The second kappa shape index (κ2) is 10.6. The Bertz CT molecular complexity index is 482. The number of ether oxygens (including phenoxy) is 2. The zero-order chi connectivity index (χ0) is 21.3. The van der Waals surface area contributed by atoms with E-state index in [9.17, 15) is 44.7 Å². The lowest BCUT2D eigenvalue weighted by atomic mass is 10.1. The molecular weight excluding hydrogens is 396 g/mol. The summed E-state index contributed by atoms with van der Waals surface area (Å²) in [6, 6.07) is 0. The van der Waals surface area contributed by atoms with Crippen LogP contribution in [0.2, 0.25) is 0 Å². The van der Waals surface area contributed by atoms with Crippen LogP contribution in [0.25, 0.3) is 0 Å². The molecule has 160 valence electrons. The van der Waals surface area contributed by atoms with Crippen LogP contribution in [0.1, 0.15) is 45.4 Å². The molecule has 0 unspecified atom stereocenters. The zero-order valence-corrected chi connectivity index (χ0v) is 14.4. The van der Waals surface area contributed by atoms with Gasteiger partial charge in [-0.15, -0.1) is 0 Å². The monoisotopic (exact) mass is 416 g/mol. The van der Waals surface area contributed by atoms with Crippen molar-refractivity contribution in [1.29, 1.82) is 0 Å². The summed E-state index contributed by atoms with van der Waals surface area (Å²) in [5.41, 5.74) is 0. The molecular formula is C15H20F8O4. The third-order valence-electron chi connectivity index (χ3n) is 3.34. The van der Waals surface area contributed by atoms with Gasteiger partial charge in [-0.1, -0.05) is 13.3 Å². The van der Waals surface area contributed by atoms with Crippen LogP contribution < -0.4 is 0 Å². The molecule has 0 saturated heterocycles. The molecule has 0 fully saturated rings. The quantitative estimate of drug-likeness (QED) is 0.250. The Morgan fingerprint density at radius 3 is 1.78 bits per heavy atom. The minimum atomic E-state index is -6.42. The molecule has 0 aliphatic carbocycles. The molecule has 0 spiro atoms. The van der Waals surface area contributed by atoms with E-state index in [2.05, 4.69) is 4.74 Å². The van der Waals surface area contributed by atoms with Crippen LogP contribution in [0.4, 0.5) is 35.1 Å². The van der Waals surface area contributed by atoms with Crippen molar-refractivity contribution in [3.63, 3.8) is 0 Å². The lowest BCUT2D eigenvalue weighted by Crippen LogP contribution is -2.59. The van der Waals surface area contributed by atoms with Crippen molar-refractivity contribution in [2.75, 3.05) is 13.2 Å². The van der Waals surface area contributed by atoms with E-state index in [-0.39, 0.29) is 25.9 Å². The summed E-state index contributed by atoms with van der Waals surface area (Å²) >= 11 is 0. The standard InChI is InChI=1S/C15H20F8O4/c1-2-3-8-26-10(24)6-4-5-7-11(25)27-9-13(18,19)15(22,23)14(20,21)12(16)17/h12H,2-9H2,1H3. The molecule has 27 heavy (non-hydrogen) atoms. The number of alkyl halides is 8. The number of unbranched alkanes of at least 4 members (excludes halogenated alkanes) is 2. The first kappa shape index (κ1) is 25.4. The highest BCUT2D eigenvalue weighted by Crippen LogP contribution is 2.48. The number of halogens is 8. The highest BCUT2D eigenvalue weighted by atomic mass is 19.4. The summed E-state index contributed by atoms with van der Waals surface area (Å²) in [5.74, 6) is -20.4. The van der Waals surface area contributed by atoms with Gasteiger partial charge < -0.3 is 9.47 Å². The average Bonchev–Trinajstić information content (AvgIpc) is 2.56. The van der Waals surface area contributed by atoms with Crippen LogP contribution in [0.15, 0.2) is 0 Å². The third kappa shape index (κ3) is 7.49. The summed E-state index contributed by atoms with van der Waals surface area (Å²) in [6.45, 7) is -0.377. The van der Waals surface area contributed by atoms with Crippen molar-refractivity contribution < 1.29 is 54.2 Å². The molecule has 0 bridgehead atoms. The zero-order valence-electron chi connectivity index (χ0n) is 14.4. The predicted molar refractivity (Wildman–Crippen MR) is 76.1 cm³/mol. The molecule has 0 aliphatic heterocycles. The normalized spacial score (nSPS) is 13.0. The van der Waals surface area contributed by atoms with Gasteiger partial charge in [0.1, 0.15) is 0 Å². The first-order chi connectivity index (χ1) is 12.3. The average molecular weight is 416 g/mol. The fourth-order valence-electron chi connectivity index (χ4n) is 1.66. The van der Waals surface area contributed by atoms with Crippen LogP contribution in [-0.4, -0.2) is 49.3 Å². The van der Waals surface area contributed by atoms with Crippen molar-refractivity contribution in [2.45, 2.75) is 69.6 Å². The van der Waals surface area contributed by atoms with Crippen LogP contribution in [0.3, 0.4) is 0 Å². The van der Waals surface area contributed by atoms with Gasteiger partial charge in [0.2, 0.25) is 0 Å². The summed E-state index contributed by atoms with van der Waals surface area (Å²) in [6.07, 6.45) is -4.13. The van der Waals surface area contributed by atoms with Crippen LogP contribution in [0.5, 0.6) is 0 Å². The molecule has 0 aromatic rings. The van der Waals surface area contributed by atoms with E-state index in [1.165, 1.54) is 0 Å². The Morgan fingerprint density at radius 1 is 0.852 bits per heavy atom. The molecule has 12 heteroatoms. The van der Waals surface area contributed by atoms with Crippen molar-refractivity contribution in [2.24, 2.45) is 0 Å². The number of carbonyl (C=O) groups is 2. The van der Waals surface area contributed by atoms with Crippen LogP contribution in [-0.2, 0) is 19.1 Å². The first-order valence-corrected chi connectivity index (χ1v) is 8.02. The molecule has 0 amide bonds. The van der Waals surface area contributed by atoms with E-state index in [0.29, 0.717) is 6.42 Å². The highest BCUT2D eigenvalue weighted by Gasteiger charge is 2.75. The van der Waals surface area contributed by atoms with Gasteiger partial charge >= 0.3 is 36.1 Å². The number of hydrogen-bond acceptors (Lipinski definition) is 4. The second-order valence-electron chi connectivity index (χ2n) is 5.64. The third-order valence-corrected chi connectivity index (χ3v) is 3.34. The van der Waals surface area contributed by atoms with Gasteiger partial charge in [0, 0.05) is 12.8 Å². The van der Waals surface area contributed by atoms with Gasteiger partial charge in [0.05, 0.1) is 6.61 Å². The smallest absolute Gasteiger partial charge is 0.381 e. The van der Waals surface area contributed by atoms with E-state index >= 15 is 0 Å². The minimum absolute atomic E-state index is 0.0448. The minimum Gasteiger partial charge on any atom is -0.466 e. The molecule has 0 radical (unpaired) electrons. The lowest BCUT2D eigenvalue weighted by Gasteiger charge is -2.31. The molecule has 0 rings (SSSR count). The maximum atomic E-state index is 13.2. The second-order valence-corrected chi connectivity index (χ2v) is 5.64. The van der Waals surface area contributed by atoms with Gasteiger partial charge in [-0.25, -0.2) is 8.78 Å². The molecule has 0 aromatic carbocycles. The molecule has 0 aromatic heterocycles. The SMILES string of the molecule is CCCCOC(=O)CCCCC(=O)OCC(F)(F)C(F)(F)C(F)(F)C(F)F. The van der Waals surface area contributed by atoms with E-state index < -0.39 is 49.2 Å². The van der Waals surface area contributed by atoms with E-state index in [1.807, 2.05) is 6.92 Å². The summed E-state index contributed by atoms with van der Waals surface area (Å²) in [5, 5.41) is 0. The first-order valence-electron chi connectivity index (χ1n) is 8.02. The molecule has 0 atom stereocenters. The van der Waals surface area contributed by atoms with Crippen molar-refractivity contribution in [3.05, 3.63) is 0 Å². The lowest BCUT2D eigenvalue weighted by molar-refractivity contribution is -0.344. The maximum absolute atomic E-state index is 13.2. The van der Waals surface area contributed by atoms with E-state index in [1.54, 1.807) is 0 Å². The van der Waals surface area contributed by atoms with Gasteiger partial charge in [-0.2, -0.15) is 26.3 Å². The van der Waals surface area contributed by atoms with Gasteiger partial charge in [0.25, 0.3) is 0 Å². The molecule has 0 aliphatic rings. The molecule has 0 heterocycles. The van der Waals surface area contributed by atoms with Crippen molar-refractivity contribution in [3.8, 4) is 0 Å². The fraction of sp³-hybridized carbons (Fsp3) is 0.867. The summed E-state index contributed by atoms with van der Waals surface area (Å²) in [7, 11) is 0. The Balaban J connectivity index is 4.32. The summed E-state index contributed by atoms with van der Waals surface area (Å²) in [4.78, 5) is 22.4. The molecule has 0 saturated carbocycles. The highest BCUT2D eigenvalue weighted by molar-refractivity contribution is 5.70. The summed E-state index contributed by atoms with van der Waals surface area (Å²) < 4.78 is 110. The van der Waals surface area contributed by atoms with E-state index in [4.69, 9.17) is 4.74 Å². The van der Waals surface area contributed by atoms with Crippen molar-refractivity contribution in [1.82, 2.24) is 0 Å². The number of esters is 2. The number of carbonyl (C=O) groups excluding carboxylic acids is 2. The predicted octanol–water partition coefficient (Wildman–Crippen LogP) is 4.60. The Morgan fingerprint density at radius 2 is 1.33 bits per heavy atom. The number of rotatable bonds is 13. The van der Waals surface area contributed by atoms with E-state index in [0.717, 1.165) is 6.42 Å². The topological polar surface area (TPSA) is 52.6 Å². The molecule has 4 nitrogen and oxygen atoms in total. The maximum Gasteiger partial charge on any atom is 0.381 e. The molecule has 0 N–H and O–H groups in total.